The van der Waals surface area contributed by atoms with Gasteiger partial charge < -0.3 is 33.8 Å². The molecular formula is C73H142O17P2. The third kappa shape index (κ3) is 65.4. The number of carbonyl (C=O) groups is 4. The number of ether oxygens (including phenoxy) is 4. The normalized spacial score (nSPS) is 14.4. The van der Waals surface area contributed by atoms with Crippen molar-refractivity contribution in [1.82, 2.24) is 0 Å². The Morgan fingerprint density at radius 3 is 0.826 bits per heavy atom. The zero-order valence-electron chi connectivity index (χ0n) is 59.9. The Bertz CT molecular complexity index is 1790. The highest BCUT2D eigenvalue weighted by Crippen LogP contribution is 2.45. The van der Waals surface area contributed by atoms with Crippen molar-refractivity contribution >= 4 is 39.5 Å². The molecular weight excluding hydrogens is 1210 g/mol. The number of hydrogen-bond donors (Lipinski definition) is 3. The number of esters is 4. The zero-order valence-corrected chi connectivity index (χ0v) is 61.6. The number of rotatable bonds is 72. The molecule has 546 valence electrons. The van der Waals surface area contributed by atoms with E-state index in [0.717, 1.165) is 102 Å². The standard InChI is InChI=1S/C73H142O17P2/c1-7-10-12-14-16-18-20-23-28-31-37-43-49-55-70(75)83-61-68(89-73(78)58-52-46-39-33-29-25-22-21-24-27-30-36-42-48-54-66(6)9-3)63-87-91(79,80)85-59-67(74)60-86-92(81,82)88-64-69(62-84-71(76)56-50-44-40-34-35-41-47-53-65(4)5)90-72(77)57-51-45-38-32-26-19-17-15-13-11-8-2/h65-69,74H,7-64H2,1-6H3,(H,79,80)(H,81,82)/t66?,67-,68-,69-/m1/s1. The number of aliphatic hydroxyl groups excluding tert-OH is 1. The molecule has 92 heavy (non-hydrogen) atoms. The fourth-order valence-corrected chi connectivity index (χ4v) is 12.7. The van der Waals surface area contributed by atoms with Crippen molar-refractivity contribution < 1.29 is 80.2 Å². The summed E-state index contributed by atoms with van der Waals surface area (Å²) in [4.78, 5) is 72.6. The molecule has 0 saturated carbocycles. The average molecular weight is 1350 g/mol. The lowest BCUT2D eigenvalue weighted by molar-refractivity contribution is -0.161. The Labute approximate surface area is 562 Å². The van der Waals surface area contributed by atoms with E-state index in [-0.39, 0.29) is 25.7 Å². The van der Waals surface area contributed by atoms with Crippen LogP contribution in [0.3, 0.4) is 0 Å². The topological polar surface area (TPSA) is 237 Å². The highest BCUT2D eigenvalue weighted by atomic mass is 31.2. The maximum atomic E-state index is 13.1. The summed E-state index contributed by atoms with van der Waals surface area (Å²) in [7, 11) is -9.90. The lowest BCUT2D eigenvalue weighted by atomic mass is 9.99. The third-order valence-corrected chi connectivity index (χ3v) is 19.2. The summed E-state index contributed by atoms with van der Waals surface area (Å²) in [5.74, 6) is -0.568. The first kappa shape index (κ1) is 90.1. The van der Waals surface area contributed by atoms with E-state index in [4.69, 9.17) is 37.0 Å². The van der Waals surface area contributed by atoms with Crippen molar-refractivity contribution in [1.29, 1.82) is 0 Å². The summed E-state index contributed by atoms with van der Waals surface area (Å²) < 4.78 is 68.4. The van der Waals surface area contributed by atoms with E-state index >= 15 is 0 Å². The second-order valence-electron chi connectivity index (χ2n) is 27.1. The van der Waals surface area contributed by atoms with Gasteiger partial charge in [-0.2, -0.15) is 0 Å². The van der Waals surface area contributed by atoms with E-state index in [1.807, 2.05) is 0 Å². The van der Waals surface area contributed by atoms with E-state index in [1.54, 1.807) is 0 Å². The summed E-state index contributed by atoms with van der Waals surface area (Å²) in [5.41, 5.74) is 0. The minimum Gasteiger partial charge on any atom is -0.462 e. The molecule has 0 fully saturated rings. The van der Waals surface area contributed by atoms with Gasteiger partial charge in [-0.05, 0) is 37.5 Å². The number of phosphoric acid groups is 2. The Hall–Kier alpha value is -1.94. The van der Waals surface area contributed by atoms with Crippen LogP contribution < -0.4 is 0 Å². The first-order valence-corrected chi connectivity index (χ1v) is 41.0. The van der Waals surface area contributed by atoms with Gasteiger partial charge in [-0.15, -0.1) is 0 Å². The predicted octanol–water partition coefficient (Wildman–Crippen LogP) is 21.2. The van der Waals surface area contributed by atoms with E-state index in [9.17, 15) is 43.2 Å². The van der Waals surface area contributed by atoms with E-state index in [0.29, 0.717) is 31.6 Å². The molecule has 0 heterocycles. The minimum atomic E-state index is -4.95. The Kier molecular flexibility index (Phi) is 63.7. The molecule has 0 aromatic rings. The highest BCUT2D eigenvalue weighted by Gasteiger charge is 2.30. The fraction of sp³-hybridized carbons (Fsp3) is 0.945. The van der Waals surface area contributed by atoms with Gasteiger partial charge in [0.05, 0.1) is 26.4 Å². The smallest absolute Gasteiger partial charge is 0.462 e. The highest BCUT2D eigenvalue weighted by molar-refractivity contribution is 7.47. The summed E-state index contributed by atoms with van der Waals surface area (Å²) in [5, 5.41) is 10.6. The van der Waals surface area contributed by atoms with Crippen LogP contribution in [0.2, 0.25) is 0 Å². The van der Waals surface area contributed by atoms with Crippen LogP contribution in [-0.2, 0) is 65.4 Å². The summed E-state index contributed by atoms with van der Waals surface area (Å²) in [6.45, 7) is 9.57. The van der Waals surface area contributed by atoms with Crippen LogP contribution in [0.5, 0.6) is 0 Å². The maximum Gasteiger partial charge on any atom is 0.472 e. The van der Waals surface area contributed by atoms with Gasteiger partial charge in [-0.1, -0.05) is 324 Å². The van der Waals surface area contributed by atoms with Gasteiger partial charge in [-0.3, -0.25) is 37.3 Å². The van der Waals surface area contributed by atoms with Gasteiger partial charge in [0.1, 0.15) is 19.3 Å². The van der Waals surface area contributed by atoms with Crippen LogP contribution in [0.25, 0.3) is 0 Å². The Morgan fingerprint density at radius 1 is 0.315 bits per heavy atom. The molecule has 6 atom stereocenters. The second-order valence-corrected chi connectivity index (χ2v) is 30.0. The van der Waals surface area contributed by atoms with Crippen LogP contribution in [-0.4, -0.2) is 96.7 Å². The average Bonchev–Trinajstić information content (AvgIpc) is 3.17. The van der Waals surface area contributed by atoms with Crippen LogP contribution in [0.15, 0.2) is 0 Å². The van der Waals surface area contributed by atoms with Crippen LogP contribution >= 0.6 is 15.6 Å². The molecule has 0 amide bonds. The molecule has 0 aromatic carbocycles. The quantitative estimate of drug-likeness (QED) is 0.0222. The first-order valence-electron chi connectivity index (χ1n) is 38.0. The number of aliphatic hydroxyl groups is 1. The van der Waals surface area contributed by atoms with Crippen molar-refractivity contribution in [3.05, 3.63) is 0 Å². The number of carbonyl (C=O) groups excluding carboxylic acids is 4. The summed E-state index contributed by atoms with van der Waals surface area (Å²) in [6.07, 6.45) is 51.2. The van der Waals surface area contributed by atoms with Crippen LogP contribution in [0, 0.1) is 11.8 Å². The molecule has 0 aromatic heterocycles. The Balaban J connectivity index is 5.23. The number of hydrogen-bond acceptors (Lipinski definition) is 15. The third-order valence-electron chi connectivity index (χ3n) is 17.3. The van der Waals surface area contributed by atoms with Crippen molar-refractivity contribution in [2.75, 3.05) is 39.6 Å². The molecule has 3 unspecified atom stereocenters. The molecule has 0 rings (SSSR count). The monoisotopic (exact) mass is 1350 g/mol. The van der Waals surface area contributed by atoms with Crippen LogP contribution in [0.1, 0.15) is 375 Å². The van der Waals surface area contributed by atoms with Crippen molar-refractivity contribution in [3.63, 3.8) is 0 Å². The van der Waals surface area contributed by atoms with Gasteiger partial charge in [0.25, 0.3) is 0 Å². The number of phosphoric ester groups is 2. The van der Waals surface area contributed by atoms with Crippen molar-refractivity contribution in [2.24, 2.45) is 11.8 Å². The van der Waals surface area contributed by atoms with Gasteiger partial charge >= 0.3 is 39.5 Å². The first-order chi connectivity index (χ1) is 44.4. The Morgan fingerprint density at radius 2 is 0.554 bits per heavy atom. The summed E-state index contributed by atoms with van der Waals surface area (Å²) >= 11 is 0. The van der Waals surface area contributed by atoms with E-state index < -0.39 is 97.5 Å². The minimum absolute atomic E-state index is 0.106. The molecule has 0 bridgehead atoms. The van der Waals surface area contributed by atoms with Gasteiger partial charge in [-0.25, -0.2) is 9.13 Å². The molecule has 0 spiro atoms. The molecule has 0 radical (unpaired) electrons. The lowest BCUT2D eigenvalue weighted by Gasteiger charge is -2.21. The largest absolute Gasteiger partial charge is 0.472 e. The SMILES string of the molecule is CCCCCCCCCCCCCCCC(=O)OC[C@H](COP(=O)(O)OC[C@@H](O)COP(=O)(O)OC[C@@H](COC(=O)CCCCCCCCCC(C)C)OC(=O)CCCCCCCCCCCCC)OC(=O)CCCCCCCCCCCCCCCCC(C)CC. The molecule has 19 heteroatoms. The fourth-order valence-electron chi connectivity index (χ4n) is 11.1. The van der Waals surface area contributed by atoms with Gasteiger partial charge in [0.15, 0.2) is 12.2 Å². The number of unbranched alkanes of at least 4 members (excludes halogenated alkanes) is 41. The van der Waals surface area contributed by atoms with Gasteiger partial charge in [0, 0.05) is 25.7 Å². The van der Waals surface area contributed by atoms with Crippen molar-refractivity contribution in [2.45, 2.75) is 394 Å². The predicted molar refractivity (Wildman–Crippen MR) is 372 cm³/mol. The van der Waals surface area contributed by atoms with E-state index in [2.05, 4.69) is 41.5 Å². The van der Waals surface area contributed by atoms with Crippen LogP contribution in [0.4, 0.5) is 0 Å². The van der Waals surface area contributed by atoms with Gasteiger partial charge in [0.2, 0.25) is 0 Å². The van der Waals surface area contributed by atoms with Crippen molar-refractivity contribution in [3.8, 4) is 0 Å². The summed E-state index contributed by atoms with van der Waals surface area (Å²) in [6, 6.07) is 0. The molecule has 3 N–H and O–H groups in total. The zero-order chi connectivity index (χ0) is 67.9. The molecule has 0 aliphatic rings. The van der Waals surface area contributed by atoms with E-state index in [1.165, 1.54) is 186 Å². The molecule has 0 saturated heterocycles. The second kappa shape index (κ2) is 65.0. The maximum absolute atomic E-state index is 13.1. The molecule has 0 aliphatic carbocycles. The lowest BCUT2D eigenvalue weighted by Crippen LogP contribution is -2.30. The molecule has 0 aliphatic heterocycles. The molecule has 17 nitrogen and oxygen atoms in total.